The first kappa shape index (κ1) is 18.9. The summed E-state index contributed by atoms with van der Waals surface area (Å²) in [6.45, 7) is 3.87. The summed E-state index contributed by atoms with van der Waals surface area (Å²) >= 11 is 12.5. The molecule has 0 saturated carbocycles. The van der Waals surface area contributed by atoms with Gasteiger partial charge in [-0.25, -0.2) is 4.98 Å². The summed E-state index contributed by atoms with van der Waals surface area (Å²) in [7, 11) is 0. The van der Waals surface area contributed by atoms with E-state index in [1.54, 1.807) is 12.3 Å². The van der Waals surface area contributed by atoms with Crippen LogP contribution in [0.4, 0.5) is 11.5 Å². The van der Waals surface area contributed by atoms with E-state index in [2.05, 4.69) is 15.5 Å². The van der Waals surface area contributed by atoms with Gasteiger partial charge in [0.25, 0.3) is 0 Å². The van der Waals surface area contributed by atoms with E-state index >= 15 is 0 Å². The number of rotatable bonds is 5. The lowest BCUT2D eigenvalue weighted by atomic mass is 10.2. The molecular formula is C18H15Cl2N5O2. The van der Waals surface area contributed by atoms with E-state index < -0.39 is 4.92 Å². The summed E-state index contributed by atoms with van der Waals surface area (Å²) in [4.78, 5) is 14.4. The lowest BCUT2D eigenvalue weighted by molar-refractivity contribution is -0.384. The molecule has 0 fully saturated rings. The van der Waals surface area contributed by atoms with Gasteiger partial charge in [-0.3, -0.25) is 15.5 Å². The molecule has 0 radical (unpaired) electrons. The van der Waals surface area contributed by atoms with Crippen LogP contribution < -0.4 is 5.43 Å². The zero-order valence-corrected chi connectivity index (χ0v) is 16.0. The highest BCUT2D eigenvalue weighted by molar-refractivity contribution is 6.43. The second-order valence-corrected chi connectivity index (χ2v) is 6.52. The zero-order valence-electron chi connectivity index (χ0n) is 14.5. The molecule has 1 N–H and O–H groups in total. The molecule has 3 rings (SSSR count). The molecule has 27 heavy (non-hydrogen) atoms. The normalized spacial score (nSPS) is 11.1. The third kappa shape index (κ3) is 3.79. The predicted molar refractivity (Wildman–Crippen MR) is 107 cm³/mol. The van der Waals surface area contributed by atoms with Crippen LogP contribution in [0.2, 0.25) is 10.0 Å². The van der Waals surface area contributed by atoms with Crippen LogP contribution in [-0.4, -0.2) is 20.7 Å². The molecule has 2 heterocycles. The molecule has 0 bridgehead atoms. The Morgan fingerprint density at radius 1 is 1.26 bits per heavy atom. The maximum Gasteiger partial charge on any atom is 0.313 e. The summed E-state index contributed by atoms with van der Waals surface area (Å²) in [5.41, 5.74) is 5.92. The zero-order chi connectivity index (χ0) is 19.6. The number of hydrogen-bond donors (Lipinski definition) is 1. The number of pyridine rings is 1. The van der Waals surface area contributed by atoms with Gasteiger partial charge in [0.1, 0.15) is 0 Å². The number of nitro groups is 1. The van der Waals surface area contributed by atoms with Gasteiger partial charge in [-0.05, 0) is 38.1 Å². The van der Waals surface area contributed by atoms with Crippen molar-refractivity contribution in [2.24, 2.45) is 5.10 Å². The van der Waals surface area contributed by atoms with E-state index in [-0.39, 0.29) is 11.5 Å². The highest BCUT2D eigenvalue weighted by Gasteiger charge is 2.15. The largest absolute Gasteiger partial charge is 0.316 e. The van der Waals surface area contributed by atoms with Crippen LogP contribution in [0.5, 0.6) is 0 Å². The Labute approximate surface area is 165 Å². The van der Waals surface area contributed by atoms with Crippen molar-refractivity contribution >= 4 is 40.9 Å². The van der Waals surface area contributed by atoms with Crippen molar-refractivity contribution in [2.45, 2.75) is 13.8 Å². The van der Waals surface area contributed by atoms with Crippen LogP contribution in [-0.2, 0) is 0 Å². The van der Waals surface area contributed by atoms with Crippen LogP contribution in [0.3, 0.4) is 0 Å². The minimum atomic E-state index is -0.516. The number of benzene rings is 1. The molecule has 0 saturated heterocycles. The summed E-state index contributed by atoms with van der Waals surface area (Å²) in [5, 5.41) is 16.0. The Balaban J connectivity index is 1.91. The molecule has 0 aliphatic heterocycles. The van der Waals surface area contributed by atoms with Crippen molar-refractivity contribution in [2.75, 3.05) is 5.43 Å². The number of nitrogens with one attached hydrogen (secondary N) is 1. The van der Waals surface area contributed by atoms with Gasteiger partial charge in [0.15, 0.2) is 0 Å². The molecule has 0 spiro atoms. The van der Waals surface area contributed by atoms with E-state index in [9.17, 15) is 10.1 Å². The van der Waals surface area contributed by atoms with Crippen LogP contribution in [0.25, 0.3) is 5.69 Å². The van der Waals surface area contributed by atoms with Gasteiger partial charge in [-0.1, -0.05) is 29.3 Å². The van der Waals surface area contributed by atoms with Crippen LogP contribution in [0.1, 0.15) is 17.0 Å². The Bertz CT molecular complexity index is 1050. The topological polar surface area (TPSA) is 85.3 Å². The third-order valence-electron chi connectivity index (χ3n) is 4.00. The molecule has 138 valence electrons. The van der Waals surface area contributed by atoms with Gasteiger partial charge in [0.2, 0.25) is 5.82 Å². The maximum atomic E-state index is 11.0. The van der Waals surface area contributed by atoms with Crippen molar-refractivity contribution in [1.29, 1.82) is 0 Å². The minimum absolute atomic E-state index is 0.0745. The van der Waals surface area contributed by atoms with Crippen molar-refractivity contribution in [3.63, 3.8) is 0 Å². The number of aromatic nitrogens is 2. The van der Waals surface area contributed by atoms with Crippen molar-refractivity contribution in [3.8, 4) is 5.69 Å². The Hall–Kier alpha value is -2.90. The van der Waals surface area contributed by atoms with E-state index in [0.717, 1.165) is 22.6 Å². The number of hydrazone groups is 1. The third-order valence-corrected chi connectivity index (χ3v) is 4.81. The molecule has 0 aliphatic carbocycles. The fourth-order valence-corrected chi connectivity index (χ4v) is 3.13. The lowest BCUT2D eigenvalue weighted by Crippen LogP contribution is -2.01. The first-order chi connectivity index (χ1) is 12.9. The minimum Gasteiger partial charge on any atom is -0.316 e. The number of nitrogens with zero attached hydrogens (tertiary/aromatic N) is 4. The van der Waals surface area contributed by atoms with Crippen LogP contribution >= 0.6 is 23.2 Å². The van der Waals surface area contributed by atoms with E-state index in [1.807, 2.05) is 36.6 Å². The molecule has 0 amide bonds. The molecule has 2 aromatic heterocycles. The summed E-state index contributed by atoms with van der Waals surface area (Å²) in [6.07, 6.45) is 3.04. The van der Waals surface area contributed by atoms with Gasteiger partial charge in [0.05, 0.1) is 26.9 Å². The maximum absolute atomic E-state index is 11.0. The number of halogens is 2. The molecule has 7 nitrogen and oxygen atoms in total. The monoisotopic (exact) mass is 403 g/mol. The average Bonchev–Trinajstić information content (AvgIpc) is 2.91. The first-order valence-corrected chi connectivity index (χ1v) is 8.67. The fourth-order valence-electron chi connectivity index (χ4n) is 2.75. The van der Waals surface area contributed by atoms with Gasteiger partial charge in [-0.15, -0.1) is 0 Å². The second kappa shape index (κ2) is 7.77. The lowest BCUT2D eigenvalue weighted by Gasteiger charge is -2.12. The number of hydrogen-bond acceptors (Lipinski definition) is 5. The predicted octanol–water partition coefficient (Wildman–Crippen LogP) is 5.15. The van der Waals surface area contributed by atoms with E-state index in [0.29, 0.717) is 10.0 Å². The molecule has 3 aromatic rings. The van der Waals surface area contributed by atoms with Gasteiger partial charge in [-0.2, -0.15) is 5.10 Å². The van der Waals surface area contributed by atoms with Crippen LogP contribution in [0.15, 0.2) is 47.7 Å². The van der Waals surface area contributed by atoms with Crippen molar-refractivity contribution < 1.29 is 4.92 Å². The van der Waals surface area contributed by atoms with Crippen molar-refractivity contribution in [1.82, 2.24) is 9.55 Å². The standard InChI is InChI=1S/C18H15Cl2N5O2/c1-11-9-13(10-22-23-18-16(25(26)27)7-4-8-21-18)12(2)24(11)15-6-3-5-14(19)17(15)20/h3-10H,1-2H3,(H,21,23)/b22-10-. The second-order valence-electron chi connectivity index (χ2n) is 5.73. The van der Waals surface area contributed by atoms with E-state index in [4.69, 9.17) is 23.2 Å². The smallest absolute Gasteiger partial charge is 0.313 e. The summed E-state index contributed by atoms with van der Waals surface area (Å²) < 4.78 is 1.97. The quantitative estimate of drug-likeness (QED) is 0.362. The SMILES string of the molecule is Cc1cc(/C=N\Nc2ncccc2[N+](=O)[O-])c(C)n1-c1cccc(Cl)c1Cl. The average molecular weight is 404 g/mol. The van der Waals surface area contributed by atoms with E-state index in [1.165, 1.54) is 18.3 Å². The first-order valence-electron chi connectivity index (χ1n) is 7.92. The summed E-state index contributed by atoms with van der Waals surface area (Å²) in [5.74, 6) is 0.0745. The fraction of sp³-hybridized carbons (Fsp3) is 0.111. The Morgan fingerprint density at radius 2 is 2.04 bits per heavy atom. The van der Waals surface area contributed by atoms with Crippen LogP contribution in [0, 0.1) is 24.0 Å². The highest BCUT2D eigenvalue weighted by atomic mass is 35.5. The van der Waals surface area contributed by atoms with Gasteiger partial charge in [0, 0.05) is 29.2 Å². The molecule has 0 unspecified atom stereocenters. The highest BCUT2D eigenvalue weighted by Crippen LogP contribution is 2.31. The molecule has 1 aromatic carbocycles. The summed E-state index contributed by atoms with van der Waals surface area (Å²) in [6, 6.07) is 10.2. The van der Waals surface area contributed by atoms with Gasteiger partial charge < -0.3 is 4.57 Å². The molecule has 0 aliphatic rings. The van der Waals surface area contributed by atoms with Crippen molar-refractivity contribution in [3.05, 3.63) is 79.7 Å². The Morgan fingerprint density at radius 3 is 2.78 bits per heavy atom. The van der Waals surface area contributed by atoms with Gasteiger partial charge >= 0.3 is 5.69 Å². The molecular weight excluding hydrogens is 389 g/mol. The molecule has 9 heteroatoms. The Kier molecular flexibility index (Phi) is 5.43. The molecule has 0 atom stereocenters. The number of aryl methyl sites for hydroxylation is 1. The number of anilines is 1.